The molecule has 1 N–H and O–H groups in total. The number of imide groups is 1. The zero-order valence-corrected chi connectivity index (χ0v) is 18.8. The van der Waals surface area contributed by atoms with Gasteiger partial charge in [0.25, 0.3) is 11.8 Å². The Bertz CT molecular complexity index is 966. The van der Waals surface area contributed by atoms with E-state index in [-0.39, 0.29) is 36.7 Å². The number of hydrogen-bond acceptors (Lipinski definition) is 6. The van der Waals surface area contributed by atoms with Crippen molar-refractivity contribution in [3.05, 3.63) is 65.2 Å². The summed E-state index contributed by atoms with van der Waals surface area (Å²) in [5.41, 5.74) is 1.96. The van der Waals surface area contributed by atoms with Gasteiger partial charge in [0.1, 0.15) is 5.75 Å². The number of nitrogens with one attached hydrogen (secondary N) is 1. The van der Waals surface area contributed by atoms with Gasteiger partial charge in [-0.15, -0.1) is 0 Å². The summed E-state index contributed by atoms with van der Waals surface area (Å²) < 4.78 is 10.7. The molecule has 2 aromatic carbocycles. The molecule has 0 aliphatic carbocycles. The van der Waals surface area contributed by atoms with Gasteiger partial charge in [0, 0.05) is 32.6 Å². The summed E-state index contributed by atoms with van der Waals surface area (Å²) in [6.45, 7) is 3.63. The molecule has 8 nitrogen and oxygen atoms in total. The van der Waals surface area contributed by atoms with Crippen molar-refractivity contribution in [2.45, 2.75) is 18.9 Å². The Kier molecular flexibility index (Phi) is 7.36. The number of amides is 3. The zero-order chi connectivity index (χ0) is 23.2. The first-order chi connectivity index (χ1) is 16.1. The molecule has 3 amide bonds. The average Bonchev–Trinajstić information content (AvgIpc) is 3.10. The van der Waals surface area contributed by atoms with Crippen LogP contribution in [0.3, 0.4) is 0 Å². The van der Waals surface area contributed by atoms with Crippen molar-refractivity contribution in [3.63, 3.8) is 0 Å². The largest absolute Gasteiger partial charge is 0.497 e. The first-order valence-electron chi connectivity index (χ1n) is 11.3. The van der Waals surface area contributed by atoms with Crippen molar-refractivity contribution >= 4 is 17.7 Å². The number of hydrogen-bond donors (Lipinski definition) is 1. The van der Waals surface area contributed by atoms with Crippen LogP contribution in [0.5, 0.6) is 5.75 Å². The second-order valence-corrected chi connectivity index (χ2v) is 8.15. The van der Waals surface area contributed by atoms with Gasteiger partial charge < -0.3 is 14.8 Å². The Labute approximate surface area is 193 Å². The molecule has 8 heteroatoms. The van der Waals surface area contributed by atoms with E-state index in [4.69, 9.17) is 9.47 Å². The van der Waals surface area contributed by atoms with E-state index in [1.807, 2.05) is 24.3 Å². The zero-order valence-electron chi connectivity index (χ0n) is 18.8. The third-order valence-corrected chi connectivity index (χ3v) is 6.14. The lowest BCUT2D eigenvalue weighted by molar-refractivity contribution is -0.121. The normalized spacial score (nSPS) is 17.1. The first-order valence-corrected chi connectivity index (χ1v) is 11.3. The number of carbonyl (C=O) groups excluding carboxylic acids is 3. The van der Waals surface area contributed by atoms with Crippen molar-refractivity contribution in [1.29, 1.82) is 0 Å². The Morgan fingerprint density at radius 2 is 1.67 bits per heavy atom. The second-order valence-electron chi connectivity index (χ2n) is 8.15. The van der Waals surface area contributed by atoms with Crippen LogP contribution in [-0.2, 0) is 9.53 Å². The third kappa shape index (κ3) is 5.23. The molecule has 2 aliphatic rings. The van der Waals surface area contributed by atoms with E-state index in [0.717, 1.165) is 24.4 Å². The van der Waals surface area contributed by atoms with Gasteiger partial charge in [-0.1, -0.05) is 24.3 Å². The molecule has 0 aromatic heterocycles. The Morgan fingerprint density at radius 3 is 2.27 bits per heavy atom. The summed E-state index contributed by atoms with van der Waals surface area (Å²) in [4.78, 5) is 41.0. The fourth-order valence-corrected chi connectivity index (χ4v) is 4.31. The number of methoxy groups -OCH3 is 1. The molecule has 1 atom stereocenters. The summed E-state index contributed by atoms with van der Waals surface area (Å²) >= 11 is 0. The highest BCUT2D eigenvalue weighted by Crippen LogP contribution is 2.24. The van der Waals surface area contributed by atoms with E-state index in [1.54, 1.807) is 31.4 Å². The average molecular weight is 452 g/mol. The molecular formula is C25H29N3O5. The molecule has 174 valence electrons. The van der Waals surface area contributed by atoms with Crippen molar-refractivity contribution in [2.24, 2.45) is 0 Å². The van der Waals surface area contributed by atoms with Gasteiger partial charge in [-0.2, -0.15) is 0 Å². The molecule has 33 heavy (non-hydrogen) atoms. The molecule has 0 radical (unpaired) electrons. The number of morpholine rings is 1. The maximum absolute atomic E-state index is 12.6. The monoisotopic (exact) mass is 451 g/mol. The van der Waals surface area contributed by atoms with E-state index < -0.39 is 0 Å². The standard InChI is InChI=1S/C25H29N3O5/c1-32-19-10-8-18(9-11-19)22(27-13-15-33-16-14-27)17-26-23(29)7-4-12-28-24(30)20-5-2-3-6-21(20)25(28)31/h2-3,5-6,8-11,22H,4,7,12-17H2,1H3,(H,26,29)/t22-/m1/s1. The lowest BCUT2D eigenvalue weighted by atomic mass is 10.0. The highest BCUT2D eigenvalue weighted by atomic mass is 16.5. The quantitative estimate of drug-likeness (QED) is 0.589. The predicted octanol–water partition coefficient (Wildman–Crippen LogP) is 2.26. The lowest BCUT2D eigenvalue weighted by Gasteiger charge is -2.35. The van der Waals surface area contributed by atoms with Crippen LogP contribution in [-0.4, -0.2) is 74.0 Å². The molecule has 0 unspecified atom stereocenters. The van der Waals surface area contributed by atoms with Crippen LogP contribution in [0.25, 0.3) is 0 Å². The van der Waals surface area contributed by atoms with Gasteiger partial charge in [-0.25, -0.2) is 0 Å². The van der Waals surface area contributed by atoms with Crippen LogP contribution < -0.4 is 10.1 Å². The minimum Gasteiger partial charge on any atom is -0.497 e. The summed E-state index contributed by atoms with van der Waals surface area (Å²) in [6.07, 6.45) is 0.661. The van der Waals surface area contributed by atoms with Crippen molar-refractivity contribution in [2.75, 3.05) is 46.5 Å². The van der Waals surface area contributed by atoms with Crippen LogP contribution in [0.1, 0.15) is 45.2 Å². The second kappa shape index (κ2) is 10.6. The summed E-state index contributed by atoms with van der Waals surface area (Å²) in [5.74, 6) is 0.112. The fraction of sp³-hybridized carbons (Fsp3) is 0.400. The number of carbonyl (C=O) groups is 3. The number of ether oxygens (including phenoxy) is 2. The van der Waals surface area contributed by atoms with Crippen LogP contribution >= 0.6 is 0 Å². The molecule has 2 aliphatic heterocycles. The van der Waals surface area contributed by atoms with Crippen LogP contribution in [0, 0.1) is 0 Å². The fourth-order valence-electron chi connectivity index (χ4n) is 4.31. The Hall–Kier alpha value is -3.23. The van der Waals surface area contributed by atoms with Gasteiger partial charge in [-0.3, -0.25) is 24.2 Å². The highest BCUT2D eigenvalue weighted by Gasteiger charge is 2.34. The smallest absolute Gasteiger partial charge is 0.261 e. The maximum Gasteiger partial charge on any atom is 0.261 e. The summed E-state index contributed by atoms with van der Waals surface area (Å²) in [5, 5.41) is 3.03. The molecule has 0 saturated carbocycles. The first kappa shape index (κ1) is 22.9. The minimum atomic E-state index is -0.289. The molecule has 1 fully saturated rings. The number of rotatable bonds is 9. The Morgan fingerprint density at radius 1 is 1.03 bits per heavy atom. The third-order valence-electron chi connectivity index (χ3n) is 6.14. The van der Waals surface area contributed by atoms with Crippen LogP contribution in [0.15, 0.2) is 48.5 Å². The van der Waals surface area contributed by atoms with Gasteiger partial charge >= 0.3 is 0 Å². The molecule has 1 saturated heterocycles. The van der Waals surface area contributed by atoms with Gasteiger partial charge in [0.2, 0.25) is 5.91 Å². The molecule has 2 aromatic rings. The van der Waals surface area contributed by atoms with E-state index in [0.29, 0.717) is 37.3 Å². The molecule has 0 spiro atoms. The summed E-state index contributed by atoms with van der Waals surface area (Å²) in [6, 6.07) is 14.7. The van der Waals surface area contributed by atoms with E-state index in [2.05, 4.69) is 10.2 Å². The number of nitrogens with zero attached hydrogens (tertiary/aromatic N) is 2. The van der Waals surface area contributed by atoms with E-state index in [1.165, 1.54) is 4.90 Å². The van der Waals surface area contributed by atoms with Gasteiger partial charge in [-0.05, 0) is 36.2 Å². The van der Waals surface area contributed by atoms with Gasteiger partial charge in [0.15, 0.2) is 0 Å². The van der Waals surface area contributed by atoms with E-state index in [9.17, 15) is 14.4 Å². The van der Waals surface area contributed by atoms with Crippen LogP contribution in [0.2, 0.25) is 0 Å². The van der Waals surface area contributed by atoms with Crippen LogP contribution in [0.4, 0.5) is 0 Å². The molecule has 4 rings (SSSR count). The molecule has 2 heterocycles. The Balaban J connectivity index is 1.30. The van der Waals surface area contributed by atoms with Crippen molar-refractivity contribution < 1.29 is 23.9 Å². The highest BCUT2D eigenvalue weighted by molar-refractivity contribution is 6.21. The molecule has 0 bridgehead atoms. The van der Waals surface area contributed by atoms with Gasteiger partial charge in [0.05, 0.1) is 37.5 Å². The lowest BCUT2D eigenvalue weighted by Crippen LogP contribution is -2.43. The minimum absolute atomic E-state index is 0.0278. The van der Waals surface area contributed by atoms with Crippen molar-refractivity contribution in [1.82, 2.24) is 15.1 Å². The SMILES string of the molecule is COc1ccc([C@@H](CNC(=O)CCCN2C(=O)c3ccccc3C2=O)N2CCOCC2)cc1. The van der Waals surface area contributed by atoms with Crippen molar-refractivity contribution in [3.8, 4) is 5.75 Å². The number of benzene rings is 2. The molecular weight excluding hydrogens is 422 g/mol. The topological polar surface area (TPSA) is 88.2 Å². The number of fused-ring (bicyclic) bond motifs is 1. The summed E-state index contributed by atoms with van der Waals surface area (Å²) in [7, 11) is 1.64. The van der Waals surface area contributed by atoms with E-state index >= 15 is 0 Å². The maximum atomic E-state index is 12.6. The predicted molar refractivity (Wildman–Crippen MR) is 122 cm³/mol.